The van der Waals surface area contributed by atoms with Crippen LogP contribution in [0.1, 0.15) is 6.92 Å². The Kier molecular flexibility index (Phi) is 9.13. The molecule has 0 aliphatic carbocycles. The Bertz CT molecular complexity index is 238. The van der Waals surface area contributed by atoms with Gasteiger partial charge in [0.25, 0.3) is 0 Å². The van der Waals surface area contributed by atoms with Crippen molar-refractivity contribution in [2.45, 2.75) is 6.92 Å². The van der Waals surface area contributed by atoms with Crippen LogP contribution in [-0.2, 0) is 14.6 Å². The third kappa shape index (κ3) is 23.1. The van der Waals surface area contributed by atoms with Gasteiger partial charge in [-0.2, -0.15) is 5.26 Å². The molecule has 0 rings (SSSR count). The fourth-order valence-electron chi connectivity index (χ4n) is 0.235. The van der Waals surface area contributed by atoms with Gasteiger partial charge < -0.3 is 4.74 Å². The summed E-state index contributed by atoms with van der Waals surface area (Å²) in [5.74, 6) is -0.382. The van der Waals surface area contributed by atoms with Crippen molar-refractivity contribution >= 4 is 9.84 Å². The van der Waals surface area contributed by atoms with Crippen molar-refractivity contribution in [3.05, 3.63) is 12.8 Å². The zero-order chi connectivity index (χ0) is 10.0. The minimum absolute atomic E-state index is 0.382. The molecule has 0 aromatic carbocycles. The number of rotatable bonds is 3. The molecule has 0 radical (unpaired) electrons. The van der Waals surface area contributed by atoms with Gasteiger partial charge >= 0.3 is 0 Å². The minimum atomic E-state index is -3.04. The lowest BCUT2D eigenvalue weighted by atomic mass is 10.9. The highest BCUT2D eigenvalue weighted by atomic mass is 32.2. The average molecular weight is 191 g/mol. The smallest absolute Gasteiger partial charge is 0.160 e. The maximum atomic E-state index is 10.0. The Hall–Kier alpha value is -1.02. The van der Waals surface area contributed by atoms with Crippen molar-refractivity contribution in [1.82, 2.24) is 0 Å². The maximum Gasteiger partial charge on any atom is 0.160 e. The van der Waals surface area contributed by atoms with Crippen molar-refractivity contribution in [3.63, 3.8) is 0 Å². The van der Waals surface area contributed by atoms with Gasteiger partial charge in [0.2, 0.25) is 0 Å². The van der Waals surface area contributed by atoms with Crippen LogP contribution in [0.3, 0.4) is 0 Å². The lowest BCUT2D eigenvalue weighted by Crippen LogP contribution is -1.98. The zero-order valence-electron chi connectivity index (χ0n) is 7.28. The molecule has 0 saturated carbocycles. The Morgan fingerprint density at radius 3 is 2.17 bits per heavy atom. The molecule has 4 nitrogen and oxygen atoms in total. The van der Waals surface area contributed by atoms with Gasteiger partial charge in [0.05, 0.1) is 18.9 Å². The molecule has 0 saturated heterocycles. The van der Waals surface area contributed by atoms with Crippen LogP contribution in [0.2, 0.25) is 0 Å². The standard InChI is InChI=1S/C4H8O.C3H5NO2S/c1-3-5-4-2;1-7(5,6)3-2-4/h3H,1,4H2,2H3;3H2,1H3. The van der Waals surface area contributed by atoms with E-state index in [-0.39, 0.29) is 5.75 Å². The van der Waals surface area contributed by atoms with Crippen LogP contribution in [-0.4, -0.2) is 27.0 Å². The molecular weight excluding hydrogens is 178 g/mol. The molecule has 5 heteroatoms. The predicted octanol–water partition coefficient (Wildman–Crippen LogP) is 0.721. The lowest BCUT2D eigenvalue weighted by Gasteiger charge is -1.84. The van der Waals surface area contributed by atoms with Crippen molar-refractivity contribution in [2.24, 2.45) is 0 Å². The largest absolute Gasteiger partial charge is 0.502 e. The summed E-state index contributed by atoms with van der Waals surface area (Å²) in [5.41, 5.74) is 0. The van der Waals surface area contributed by atoms with Gasteiger partial charge in [-0.15, -0.1) is 0 Å². The number of hydrogen-bond acceptors (Lipinski definition) is 4. The summed E-state index contributed by atoms with van der Waals surface area (Å²) in [7, 11) is -3.04. The van der Waals surface area contributed by atoms with Crippen LogP contribution in [0, 0.1) is 11.3 Å². The topological polar surface area (TPSA) is 67.2 Å². The molecule has 0 aliphatic heterocycles. The highest BCUT2D eigenvalue weighted by Crippen LogP contribution is 1.75. The third-order valence-electron chi connectivity index (χ3n) is 0.611. The maximum absolute atomic E-state index is 10.0. The Balaban J connectivity index is 0. The van der Waals surface area contributed by atoms with Crippen LogP contribution < -0.4 is 0 Å². The number of nitrogens with zero attached hydrogens (tertiary/aromatic N) is 1. The first kappa shape index (κ1) is 13.6. The normalized spacial score (nSPS) is 8.75. The van der Waals surface area contributed by atoms with Crippen LogP contribution in [0.25, 0.3) is 0 Å². The van der Waals surface area contributed by atoms with E-state index in [2.05, 4.69) is 11.3 Å². The van der Waals surface area contributed by atoms with Gasteiger partial charge in [-0.05, 0) is 6.92 Å². The number of ether oxygens (including phenoxy) is 1. The lowest BCUT2D eigenvalue weighted by molar-refractivity contribution is 0.270. The quantitative estimate of drug-likeness (QED) is 0.616. The fourth-order valence-corrected chi connectivity index (χ4v) is 0.470. The molecule has 0 spiro atoms. The van der Waals surface area contributed by atoms with E-state index in [0.29, 0.717) is 0 Å². The molecule has 70 valence electrons. The first-order valence-electron chi connectivity index (χ1n) is 3.25. The van der Waals surface area contributed by atoms with Crippen molar-refractivity contribution in [1.29, 1.82) is 5.26 Å². The summed E-state index contributed by atoms with van der Waals surface area (Å²) in [4.78, 5) is 0. The molecule has 0 amide bonds. The Labute approximate surface area is 73.4 Å². The number of sulfone groups is 1. The van der Waals surface area contributed by atoms with Gasteiger partial charge in [-0.25, -0.2) is 8.42 Å². The number of nitriles is 1. The van der Waals surface area contributed by atoms with Crippen LogP contribution >= 0.6 is 0 Å². The molecule has 0 bridgehead atoms. The predicted molar refractivity (Wildman–Crippen MR) is 47.1 cm³/mol. The molecule has 0 fully saturated rings. The number of hydrogen-bond donors (Lipinski definition) is 0. The van der Waals surface area contributed by atoms with Crippen LogP contribution in [0.5, 0.6) is 0 Å². The van der Waals surface area contributed by atoms with Crippen molar-refractivity contribution in [3.8, 4) is 6.07 Å². The van der Waals surface area contributed by atoms with Crippen molar-refractivity contribution in [2.75, 3.05) is 18.6 Å². The zero-order valence-corrected chi connectivity index (χ0v) is 8.10. The molecular formula is C7H13NO3S. The fraction of sp³-hybridized carbons (Fsp3) is 0.571. The summed E-state index contributed by atoms with van der Waals surface area (Å²) < 4.78 is 24.6. The molecule has 0 unspecified atom stereocenters. The summed E-state index contributed by atoms with van der Waals surface area (Å²) in [6, 6.07) is 1.52. The van der Waals surface area contributed by atoms with Gasteiger partial charge in [-0.1, -0.05) is 6.58 Å². The van der Waals surface area contributed by atoms with E-state index in [9.17, 15) is 8.42 Å². The van der Waals surface area contributed by atoms with Crippen molar-refractivity contribution < 1.29 is 13.2 Å². The van der Waals surface area contributed by atoms with E-state index in [1.165, 1.54) is 12.3 Å². The van der Waals surface area contributed by atoms with E-state index in [4.69, 9.17) is 5.26 Å². The molecule has 0 heterocycles. The summed E-state index contributed by atoms with van der Waals surface area (Å²) >= 11 is 0. The summed E-state index contributed by atoms with van der Waals surface area (Å²) in [6.45, 7) is 5.97. The molecule has 0 N–H and O–H groups in total. The van der Waals surface area contributed by atoms with Gasteiger partial charge in [-0.3, -0.25) is 0 Å². The Morgan fingerprint density at radius 2 is 2.17 bits per heavy atom. The van der Waals surface area contributed by atoms with Crippen LogP contribution in [0.4, 0.5) is 0 Å². The highest BCUT2D eigenvalue weighted by molar-refractivity contribution is 7.90. The van der Waals surface area contributed by atoms with Crippen LogP contribution in [0.15, 0.2) is 12.8 Å². The monoisotopic (exact) mass is 191 g/mol. The second-order valence-electron chi connectivity index (χ2n) is 1.85. The first-order valence-corrected chi connectivity index (χ1v) is 5.31. The van der Waals surface area contributed by atoms with E-state index < -0.39 is 9.84 Å². The molecule has 0 aromatic rings. The minimum Gasteiger partial charge on any atom is -0.502 e. The molecule has 12 heavy (non-hydrogen) atoms. The van der Waals surface area contributed by atoms with E-state index in [1.807, 2.05) is 6.92 Å². The Morgan fingerprint density at radius 1 is 1.67 bits per heavy atom. The molecule has 0 atom stereocenters. The van der Waals surface area contributed by atoms with Gasteiger partial charge in [0.15, 0.2) is 9.84 Å². The first-order chi connectivity index (χ1) is 5.47. The summed E-state index contributed by atoms with van der Waals surface area (Å²) in [6.07, 6.45) is 2.45. The SMILES string of the molecule is C=COCC.CS(=O)(=O)CC#N. The van der Waals surface area contributed by atoms with E-state index in [1.54, 1.807) is 0 Å². The van der Waals surface area contributed by atoms with E-state index in [0.717, 1.165) is 12.9 Å². The second-order valence-corrected chi connectivity index (χ2v) is 3.99. The second kappa shape index (κ2) is 8.08. The van der Waals surface area contributed by atoms with E-state index >= 15 is 0 Å². The van der Waals surface area contributed by atoms with Gasteiger partial charge in [0.1, 0.15) is 5.75 Å². The summed E-state index contributed by atoms with van der Waals surface area (Å²) in [5, 5.41) is 7.77. The third-order valence-corrected chi connectivity index (χ3v) is 1.26. The van der Waals surface area contributed by atoms with Gasteiger partial charge in [0, 0.05) is 6.26 Å². The molecule has 0 aliphatic rings. The molecule has 0 aromatic heterocycles. The average Bonchev–Trinajstić information content (AvgIpc) is 1.87. The highest BCUT2D eigenvalue weighted by Gasteiger charge is 1.95.